The minimum absolute atomic E-state index is 0.159. The van der Waals surface area contributed by atoms with Gasteiger partial charge in [-0.2, -0.15) is 5.10 Å². The average molecular weight is 391 g/mol. The minimum atomic E-state index is -0.501. The van der Waals surface area contributed by atoms with Gasteiger partial charge in [-0.05, 0) is 43.3 Å². The molecule has 0 aliphatic carbocycles. The molecular formula is C21H15ClN4O2. The molecule has 1 atom stereocenters. The van der Waals surface area contributed by atoms with Gasteiger partial charge < -0.3 is 10.1 Å². The van der Waals surface area contributed by atoms with Crippen molar-refractivity contribution in [3.63, 3.8) is 0 Å². The van der Waals surface area contributed by atoms with Crippen LogP contribution in [-0.2, 0) is 4.79 Å². The summed E-state index contributed by atoms with van der Waals surface area (Å²) in [5.41, 5.74) is 4.90. The van der Waals surface area contributed by atoms with Gasteiger partial charge in [-0.1, -0.05) is 23.7 Å². The van der Waals surface area contributed by atoms with E-state index in [0.29, 0.717) is 16.5 Å². The molecule has 6 nitrogen and oxygen atoms in total. The number of anilines is 1. The number of carbonyl (C=O) groups excluding carboxylic acids is 1. The molecule has 0 saturated carbocycles. The van der Waals surface area contributed by atoms with Crippen LogP contribution in [0.25, 0.3) is 28.2 Å². The van der Waals surface area contributed by atoms with Gasteiger partial charge in [0.25, 0.3) is 5.91 Å². The molecule has 7 heteroatoms. The van der Waals surface area contributed by atoms with Crippen LogP contribution in [0.5, 0.6) is 5.75 Å². The first-order valence-corrected chi connectivity index (χ1v) is 9.19. The zero-order valence-electron chi connectivity index (χ0n) is 14.9. The molecule has 5 rings (SSSR count). The van der Waals surface area contributed by atoms with Gasteiger partial charge in [0.1, 0.15) is 5.75 Å². The molecule has 0 saturated heterocycles. The summed E-state index contributed by atoms with van der Waals surface area (Å²) in [5.74, 6) is 0.497. The number of hydrogen-bond donors (Lipinski definition) is 1. The van der Waals surface area contributed by atoms with Gasteiger partial charge >= 0.3 is 0 Å². The summed E-state index contributed by atoms with van der Waals surface area (Å²) in [4.78, 5) is 16.3. The van der Waals surface area contributed by atoms with E-state index < -0.39 is 6.10 Å². The van der Waals surface area contributed by atoms with Crippen molar-refractivity contribution >= 4 is 28.8 Å². The molecule has 1 unspecified atom stereocenters. The Labute approximate surface area is 165 Å². The van der Waals surface area contributed by atoms with Gasteiger partial charge in [-0.15, -0.1) is 0 Å². The lowest BCUT2D eigenvalue weighted by Gasteiger charge is -2.23. The lowest BCUT2D eigenvalue weighted by atomic mass is 10.1. The first-order valence-electron chi connectivity index (χ1n) is 8.81. The molecule has 2 aromatic carbocycles. The maximum Gasteiger partial charge on any atom is 0.265 e. The molecule has 2 aromatic heterocycles. The highest BCUT2D eigenvalue weighted by atomic mass is 35.5. The smallest absolute Gasteiger partial charge is 0.265 e. The summed E-state index contributed by atoms with van der Waals surface area (Å²) in [7, 11) is 0. The molecule has 1 N–H and O–H groups in total. The van der Waals surface area contributed by atoms with E-state index in [-0.39, 0.29) is 5.91 Å². The first-order chi connectivity index (χ1) is 13.6. The van der Waals surface area contributed by atoms with Gasteiger partial charge in [0.05, 0.1) is 17.1 Å². The number of nitrogens with one attached hydrogen (secondary N) is 1. The fourth-order valence-electron chi connectivity index (χ4n) is 3.24. The number of ether oxygens (including phenoxy) is 1. The lowest BCUT2D eigenvalue weighted by Crippen LogP contribution is -2.34. The number of aromatic nitrogens is 3. The third-order valence-corrected chi connectivity index (χ3v) is 4.96. The highest BCUT2D eigenvalue weighted by molar-refractivity contribution is 6.30. The molecule has 3 heterocycles. The van der Waals surface area contributed by atoms with E-state index in [0.717, 1.165) is 28.2 Å². The van der Waals surface area contributed by atoms with Crippen LogP contribution in [0.1, 0.15) is 6.92 Å². The second-order valence-electron chi connectivity index (χ2n) is 6.60. The van der Waals surface area contributed by atoms with Crippen LogP contribution < -0.4 is 10.1 Å². The van der Waals surface area contributed by atoms with E-state index in [9.17, 15) is 4.79 Å². The van der Waals surface area contributed by atoms with E-state index in [1.165, 1.54) is 0 Å². The molecule has 0 spiro atoms. The quantitative estimate of drug-likeness (QED) is 0.549. The monoisotopic (exact) mass is 390 g/mol. The Morgan fingerprint density at radius 2 is 1.86 bits per heavy atom. The highest BCUT2D eigenvalue weighted by Crippen LogP contribution is 2.34. The average Bonchev–Trinajstić information content (AvgIpc) is 3.13. The second kappa shape index (κ2) is 6.35. The first kappa shape index (κ1) is 16.8. The third kappa shape index (κ3) is 2.78. The van der Waals surface area contributed by atoms with Gasteiger partial charge in [-0.3, -0.25) is 4.79 Å². The van der Waals surface area contributed by atoms with Gasteiger partial charge in [-0.25, -0.2) is 9.50 Å². The van der Waals surface area contributed by atoms with Crippen LogP contribution in [-0.4, -0.2) is 26.6 Å². The molecule has 28 heavy (non-hydrogen) atoms. The van der Waals surface area contributed by atoms with Crippen LogP contribution in [0.15, 0.2) is 60.8 Å². The highest BCUT2D eigenvalue weighted by Gasteiger charge is 2.24. The zero-order chi connectivity index (χ0) is 19.3. The van der Waals surface area contributed by atoms with Crippen molar-refractivity contribution in [1.29, 1.82) is 0 Å². The van der Waals surface area contributed by atoms with Gasteiger partial charge in [0.15, 0.2) is 11.8 Å². The third-order valence-electron chi connectivity index (χ3n) is 4.70. The number of hydrogen-bond acceptors (Lipinski definition) is 4. The van der Waals surface area contributed by atoms with Gasteiger partial charge in [0, 0.05) is 28.4 Å². The van der Waals surface area contributed by atoms with Crippen molar-refractivity contribution in [3.05, 3.63) is 65.8 Å². The van der Waals surface area contributed by atoms with Crippen molar-refractivity contribution < 1.29 is 9.53 Å². The number of amides is 1. The molecule has 0 fully saturated rings. The minimum Gasteiger partial charge on any atom is -0.479 e. The normalized spacial score (nSPS) is 15.8. The van der Waals surface area contributed by atoms with Crippen LogP contribution in [0, 0.1) is 0 Å². The number of nitrogens with zero attached hydrogens (tertiary/aromatic N) is 3. The summed E-state index contributed by atoms with van der Waals surface area (Å²) in [6, 6.07) is 17.0. The summed E-state index contributed by atoms with van der Waals surface area (Å²) < 4.78 is 7.43. The molecule has 0 radical (unpaired) electrons. The topological polar surface area (TPSA) is 68.5 Å². The van der Waals surface area contributed by atoms with Crippen molar-refractivity contribution in [2.75, 3.05) is 5.32 Å². The summed E-state index contributed by atoms with van der Waals surface area (Å²) in [6.07, 6.45) is 1.24. The molecule has 1 aliphatic heterocycles. The molecule has 1 aliphatic rings. The van der Waals surface area contributed by atoms with Crippen LogP contribution in [0.4, 0.5) is 5.69 Å². The molecule has 0 bridgehead atoms. The predicted molar refractivity (Wildman–Crippen MR) is 108 cm³/mol. The Bertz CT molecular complexity index is 1220. The van der Waals surface area contributed by atoms with Crippen LogP contribution in [0.2, 0.25) is 5.02 Å². The van der Waals surface area contributed by atoms with Crippen LogP contribution >= 0.6 is 11.6 Å². The zero-order valence-corrected chi connectivity index (χ0v) is 15.6. The Kier molecular flexibility index (Phi) is 3.80. The van der Waals surface area contributed by atoms with E-state index in [4.69, 9.17) is 21.4 Å². The Balaban J connectivity index is 1.61. The molecular weight excluding hydrogens is 376 g/mol. The van der Waals surface area contributed by atoms with Crippen molar-refractivity contribution in [3.8, 4) is 28.3 Å². The Morgan fingerprint density at radius 3 is 2.68 bits per heavy atom. The summed E-state index contributed by atoms with van der Waals surface area (Å²) >= 11 is 5.98. The SMILES string of the molecule is CC1Oc2ccc(-c3ccnc4cc(-c5ccc(Cl)cc5)nn34)cc2NC1=O. The van der Waals surface area contributed by atoms with E-state index in [2.05, 4.69) is 10.3 Å². The Morgan fingerprint density at radius 1 is 1.07 bits per heavy atom. The van der Waals surface area contributed by atoms with E-state index in [1.54, 1.807) is 17.6 Å². The standard InChI is InChI=1S/C21H15ClN4O2/c1-12-21(27)24-17-10-14(4-7-19(17)28-12)18-8-9-23-20-11-16(25-26(18)20)13-2-5-15(22)6-3-13/h2-12H,1H3,(H,24,27). The number of benzene rings is 2. The summed E-state index contributed by atoms with van der Waals surface area (Å²) in [6.45, 7) is 1.72. The maximum absolute atomic E-state index is 11.9. The molecule has 1 amide bonds. The molecule has 138 valence electrons. The lowest BCUT2D eigenvalue weighted by molar-refractivity contribution is -0.122. The Hall–Kier alpha value is -3.38. The van der Waals surface area contributed by atoms with E-state index >= 15 is 0 Å². The molecule has 4 aromatic rings. The van der Waals surface area contributed by atoms with Gasteiger partial charge in [0.2, 0.25) is 0 Å². The predicted octanol–water partition coefficient (Wildman–Crippen LogP) is 4.44. The fourth-order valence-corrected chi connectivity index (χ4v) is 3.37. The number of rotatable bonds is 2. The number of fused-ring (bicyclic) bond motifs is 2. The van der Waals surface area contributed by atoms with E-state index in [1.807, 2.05) is 54.6 Å². The van der Waals surface area contributed by atoms with Crippen molar-refractivity contribution in [2.45, 2.75) is 13.0 Å². The van der Waals surface area contributed by atoms with Crippen molar-refractivity contribution in [1.82, 2.24) is 14.6 Å². The summed E-state index contributed by atoms with van der Waals surface area (Å²) in [5, 5.41) is 8.28. The number of halogens is 1. The second-order valence-corrected chi connectivity index (χ2v) is 7.03. The largest absolute Gasteiger partial charge is 0.479 e. The number of carbonyl (C=O) groups is 1. The fraction of sp³-hybridized carbons (Fsp3) is 0.0952. The maximum atomic E-state index is 11.9. The van der Waals surface area contributed by atoms with Crippen LogP contribution in [0.3, 0.4) is 0 Å². The van der Waals surface area contributed by atoms with Crippen molar-refractivity contribution in [2.24, 2.45) is 0 Å².